The molecular weight excluding hydrogens is 363 g/mol. The first kappa shape index (κ1) is 17.3. The summed E-state index contributed by atoms with van der Waals surface area (Å²) in [6, 6.07) is 16.7. The summed E-state index contributed by atoms with van der Waals surface area (Å²) in [4.78, 5) is 30.1. The number of fused-ring (bicyclic) bond motifs is 1. The number of anilines is 1. The largest absolute Gasteiger partial charge is 0.338 e. The molecule has 0 aliphatic heterocycles. The molecule has 0 fully saturated rings. The molecular formula is C20H13FN4O3. The van der Waals surface area contributed by atoms with Crippen LogP contribution in [0.5, 0.6) is 0 Å². The van der Waals surface area contributed by atoms with Gasteiger partial charge in [-0.05, 0) is 54.6 Å². The second kappa shape index (κ2) is 6.92. The maximum absolute atomic E-state index is 12.9. The number of carbonyl (C=O) groups excluding carboxylic acids is 1. The minimum Gasteiger partial charge on any atom is -0.338 e. The average molecular weight is 376 g/mol. The number of nitrogens with zero attached hydrogens (tertiary/aromatic N) is 2. The molecule has 0 atom stereocenters. The number of hydrogen-bond donors (Lipinski definition) is 2. The highest BCUT2D eigenvalue weighted by atomic mass is 19.1. The van der Waals surface area contributed by atoms with Crippen molar-refractivity contribution in [3.05, 3.63) is 88.2 Å². The van der Waals surface area contributed by atoms with Crippen LogP contribution in [0, 0.1) is 15.9 Å². The van der Waals surface area contributed by atoms with Crippen LogP contribution in [0.2, 0.25) is 0 Å². The number of rotatable bonds is 4. The summed E-state index contributed by atoms with van der Waals surface area (Å²) in [5.74, 6) is -0.187. The highest BCUT2D eigenvalue weighted by molar-refractivity contribution is 6.04. The fourth-order valence-corrected chi connectivity index (χ4v) is 2.76. The van der Waals surface area contributed by atoms with Crippen LogP contribution >= 0.6 is 0 Å². The highest BCUT2D eigenvalue weighted by Gasteiger charge is 2.11. The third-order valence-corrected chi connectivity index (χ3v) is 4.20. The molecule has 0 aliphatic carbocycles. The van der Waals surface area contributed by atoms with Crippen molar-refractivity contribution >= 4 is 28.3 Å². The topological polar surface area (TPSA) is 101 Å². The van der Waals surface area contributed by atoms with Crippen LogP contribution in [-0.2, 0) is 0 Å². The number of H-pyrrole nitrogens is 1. The Bertz CT molecular complexity index is 1180. The number of carbonyl (C=O) groups is 1. The minimum absolute atomic E-state index is 0.0125. The van der Waals surface area contributed by atoms with Crippen LogP contribution in [0.25, 0.3) is 22.4 Å². The number of aromatic nitrogens is 2. The van der Waals surface area contributed by atoms with Gasteiger partial charge in [0.25, 0.3) is 11.6 Å². The Hall–Kier alpha value is -4.07. The van der Waals surface area contributed by atoms with Crippen LogP contribution in [0.15, 0.2) is 66.7 Å². The molecule has 0 unspecified atom stereocenters. The Morgan fingerprint density at radius 2 is 1.75 bits per heavy atom. The zero-order valence-electron chi connectivity index (χ0n) is 14.3. The summed E-state index contributed by atoms with van der Waals surface area (Å²) in [6.45, 7) is 0. The number of nitro benzene ring substituents is 1. The van der Waals surface area contributed by atoms with Gasteiger partial charge < -0.3 is 10.3 Å². The maximum atomic E-state index is 12.9. The van der Waals surface area contributed by atoms with Gasteiger partial charge in [-0.2, -0.15) is 0 Å². The lowest BCUT2D eigenvalue weighted by atomic mass is 10.1. The van der Waals surface area contributed by atoms with Gasteiger partial charge in [-0.1, -0.05) is 0 Å². The summed E-state index contributed by atoms with van der Waals surface area (Å²) in [6.07, 6.45) is 0. The molecule has 4 rings (SSSR count). The monoisotopic (exact) mass is 376 g/mol. The predicted octanol–water partition coefficient (Wildman–Crippen LogP) is 4.53. The smallest absolute Gasteiger partial charge is 0.271 e. The Kier molecular flexibility index (Phi) is 4.29. The molecule has 0 radical (unpaired) electrons. The molecule has 2 N–H and O–H groups in total. The lowest BCUT2D eigenvalue weighted by Crippen LogP contribution is -2.11. The fourth-order valence-electron chi connectivity index (χ4n) is 2.76. The van der Waals surface area contributed by atoms with E-state index in [9.17, 15) is 19.3 Å². The molecule has 0 saturated heterocycles. The SMILES string of the molecule is O=C(Nc1ccc(-c2nc3ccc([N+](=O)[O-])cc3[nH]2)cc1)c1ccc(F)cc1. The van der Waals surface area contributed by atoms with E-state index in [2.05, 4.69) is 15.3 Å². The van der Waals surface area contributed by atoms with Crippen LogP contribution in [0.4, 0.5) is 15.8 Å². The van der Waals surface area contributed by atoms with Crippen molar-refractivity contribution in [1.29, 1.82) is 0 Å². The van der Waals surface area contributed by atoms with E-state index in [1.54, 1.807) is 30.3 Å². The first-order chi connectivity index (χ1) is 13.5. The molecule has 138 valence electrons. The van der Waals surface area contributed by atoms with E-state index in [0.717, 1.165) is 5.56 Å². The zero-order valence-corrected chi connectivity index (χ0v) is 14.3. The van der Waals surface area contributed by atoms with E-state index in [0.29, 0.717) is 28.1 Å². The lowest BCUT2D eigenvalue weighted by Gasteiger charge is -2.06. The van der Waals surface area contributed by atoms with E-state index < -0.39 is 10.7 Å². The number of nitrogens with one attached hydrogen (secondary N) is 2. The molecule has 1 amide bonds. The van der Waals surface area contributed by atoms with Crippen molar-refractivity contribution in [1.82, 2.24) is 9.97 Å². The molecule has 0 bridgehead atoms. The maximum Gasteiger partial charge on any atom is 0.271 e. The van der Waals surface area contributed by atoms with E-state index in [-0.39, 0.29) is 11.6 Å². The van der Waals surface area contributed by atoms with Gasteiger partial charge in [0.2, 0.25) is 0 Å². The van der Waals surface area contributed by atoms with E-state index >= 15 is 0 Å². The van der Waals surface area contributed by atoms with Crippen molar-refractivity contribution in [3.8, 4) is 11.4 Å². The van der Waals surface area contributed by atoms with Gasteiger partial charge >= 0.3 is 0 Å². The molecule has 1 aromatic heterocycles. The first-order valence-electron chi connectivity index (χ1n) is 8.31. The predicted molar refractivity (Wildman–Crippen MR) is 103 cm³/mol. The van der Waals surface area contributed by atoms with Gasteiger partial charge in [-0.25, -0.2) is 9.37 Å². The molecule has 0 saturated carbocycles. The van der Waals surface area contributed by atoms with Crippen molar-refractivity contribution in [2.45, 2.75) is 0 Å². The van der Waals surface area contributed by atoms with Gasteiger partial charge in [0.05, 0.1) is 16.0 Å². The Labute approximate surface area is 158 Å². The number of aromatic amines is 1. The Morgan fingerprint density at radius 1 is 1.04 bits per heavy atom. The molecule has 0 aliphatic rings. The lowest BCUT2D eigenvalue weighted by molar-refractivity contribution is -0.384. The number of halogens is 1. The number of benzene rings is 3. The number of non-ortho nitro benzene ring substituents is 1. The summed E-state index contributed by atoms with van der Waals surface area (Å²) < 4.78 is 12.9. The van der Waals surface area contributed by atoms with E-state index in [4.69, 9.17) is 0 Å². The van der Waals surface area contributed by atoms with Crippen molar-refractivity contribution in [2.24, 2.45) is 0 Å². The van der Waals surface area contributed by atoms with Gasteiger partial charge in [0.15, 0.2) is 0 Å². The molecule has 7 nitrogen and oxygen atoms in total. The third-order valence-electron chi connectivity index (χ3n) is 4.20. The molecule has 1 heterocycles. The average Bonchev–Trinajstić information content (AvgIpc) is 3.12. The van der Waals surface area contributed by atoms with Crippen LogP contribution in [0.3, 0.4) is 0 Å². The fraction of sp³-hybridized carbons (Fsp3) is 0. The standard InChI is InChI=1S/C20H13FN4O3/c21-14-5-1-13(2-6-14)20(26)22-15-7-3-12(4-8-15)19-23-17-10-9-16(25(27)28)11-18(17)24-19/h1-11H,(H,22,26)(H,23,24). The molecule has 4 aromatic rings. The van der Waals surface area contributed by atoms with Crippen molar-refractivity contribution in [2.75, 3.05) is 5.32 Å². The van der Waals surface area contributed by atoms with E-state index in [1.165, 1.54) is 36.4 Å². The van der Waals surface area contributed by atoms with Crippen LogP contribution in [-0.4, -0.2) is 20.8 Å². The summed E-state index contributed by atoms with van der Waals surface area (Å²) in [5.41, 5.74) is 2.86. The first-order valence-corrected chi connectivity index (χ1v) is 8.31. The second-order valence-corrected chi connectivity index (χ2v) is 6.08. The Balaban J connectivity index is 1.54. The molecule has 0 spiro atoms. The molecule has 3 aromatic carbocycles. The summed E-state index contributed by atoms with van der Waals surface area (Å²) in [7, 11) is 0. The summed E-state index contributed by atoms with van der Waals surface area (Å²) >= 11 is 0. The number of hydrogen-bond acceptors (Lipinski definition) is 4. The van der Waals surface area contributed by atoms with Crippen molar-refractivity contribution in [3.63, 3.8) is 0 Å². The highest BCUT2D eigenvalue weighted by Crippen LogP contribution is 2.25. The van der Waals surface area contributed by atoms with Crippen LogP contribution < -0.4 is 5.32 Å². The number of nitro groups is 1. The van der Waals surface area contributed by atoms with Gasteiger partial charge in [-0.3, -0.25) is 14.9 Å². The minimum atomic E-state index is -0.460. The quantitative estimate of drug-likeness (QED) is 0.404. The third kappa shape index (κ3) is 3.43. The van der Waals surface area contributed by atoms with E-state index in [1.807, 2.05) is 0 Å². The Morgan fingerprint density at radius 3 is 2.43 bits per heavy atom. The number of imidazole rings is 1. The molecule has 8 heteroatoms. The normalized spacial score (nSPS) is 10.8. The second-order valence-electron chi connectivity index (χ2n) is 6.08. The zero-order chi connectivity index (χ0) is 19.7. The molecule has 28 heavy (non-hydrogen) atoms. The van der Waals surface area contributed by atoms with Crippen LogP contribution in [0.1, 0.15) is 10.4 Å². The van der Waals surface area contributed by atoms with Gasteiger partial charge in [-0.15, -0.1) is 0 Å². The number of amides is 1. The van der Waals surface area contributed by atoms with Gasteiger partial charge in [0, 0.05) is 28.9 Å². The van der Waals surface area contributed by atoms with Gasteiger partial charge in [0.1, 0.15) is 11.6 Å². The summed E-state index contributed by atoms with van der Waals surface area (Å²) in [5, 5.41) is 13.6. The van der Waals surface area contributed by atoms with Crippen molar-refractivity contribution < 1.29 is 14.1 Å².